The van der Waals surface area contributed by atoms with Gasteiger partial charge in [0.15, 0.2) is 0 Å². The Labute approximate surface area is 167 Å². The minimum atomic E-state index is -3.59. The number of amides is 1. The summed E-state index contributed by atoms with van der Waals surface area (Å²) in [4.78, 5) is 17.2. The Hall–Kier alpha value is -1.52. The van der Waals surface area contributed by atoms with E-state index in [9.17, 15) is 13.2 Å². The van der Waals surface area contributed by atoms with E-state index in [-0.39, 0.29) is 10.8 Å². The SMILES string of the molecule is Cc1ccc(S(=O)(=O)N2CCN(C)CC2)cc1C(=O)NCCN1CCOCC1. The molecule has 3 rings (SSSR count). The maximum absolute atomic E-state index is 13.0. The van der Waals surface area contributed by atoms with Crippen LogP contribution in [0.1, 0.15) is 15.9 Å². The van der Waals surface area contributed by atoms with Crippen molar-refractivity contribution in [2.24, 2.45) is 0 Å². The smallest absolute Gasteiger partial charge is 0.251 e. The number of benzene rings is 1. The summed E-state index contributed by atoms with van der Waals surface area (Å²) >= 11 is 0. The predicted octanol–water partition coefficient (Wildman–Crippen LogP) is -0.00688. The molecule has 0 saturated carbocycles. The molecular formula is C19H30N4O4S. The van der Waals surface area contributed by atoms with Crippen LogP contribution in [0.5, 0.6) is 0 Å². The Kier molecular flexibility index (Phi) is 7.05. The number of aryl methyl sites for hydroxylation is 1. The predicted molar refractivity (Wildman–Crippen MR) is 107 cm³/mol. The molecule has 9 heteroatoms. The van der Waals surface area contributed by atoms with E-state index in [1.54, 1.807) is 12.1 Å². The van der Waals surface area contributed by atoms with Crippen molar-refractivity contribution < 1.29 is 17.9 Å². The number of piperazine rings is 1. The summed E-state index contributed by atoms with van der Waals surface area (Å²) in [6.45, 7) is 8.63. The van der Waals surface area contributed by atoms with Crippen LogP contribution in [0, 0.1) is 6.92 Å². The second-order valence-corrected chi connectivity index (χ2v) is 9.33. The number of hydrogen-bond donors (Lipinski definition) is 1. The number of nitrogens with one attached hydrogen (secondary N) is 1. The fraction of sp³-hybridized carbons (Fsp3) is 0.632. The fourth-order valence-corrected chi connectivity index (χ4v) is 4.88. The number of carbonyl (C=O) groups excluding carboxylic acids is 1. The molecule has 2 aliphatic rings. The molecule has 0 radical (unpaired) electrons. The van der Waals surface area contributed by atoms with Crippen LogP contribution in [0.15, 0.2) is 23.1 Å². The maximum atomic E-state index is 13.0. The highest BCUT2D eigenvalue weighted by molar-refractivity contribution is 7.89. The maximum Gasteiger partial charge on any atom is 0.251 e. The van der Waals surface area contributed by atoms with Crippen molar-refractivity contribution >= 4 is 15.9 Å². The van der Waals surface area contributed by atoms with Crippen molar-refractivity contribution in [2.45, 2.75) is 11.8 Å². The molecule has 0 aromatic heterocycles. The van der Waals surface area contributed by atoms with Gasteiger partial charge in [-0.25, -0.2) is 8.42 Å². The molecule has 0 atom stereocenters. The third-order valence-electron chi connectivity index (χ3n) is 5.37. The lowest BCUT2D eigenvalue weighted by molar-refractivity contribution is 0.0383. The minimum Gasteiger partial charge on any atom is -0.379 e. The van der Waals surface area contributed by atoms with E-state index in [0.717, 1.165) is 38.4 Å². The number of hydrogen-bond acceptors (Lipinski definition) is 6. The molecule has 1 amide bonds. The lowest BCUT2D eigenvalue weighted by Gasteiger charge is -2.31. The van der Waals surface area contributed by atoms with Gasteiger partial charge < -0.3 is 15.0 Å². The zero-order valence-corrected chi connectivity index (χ0v) is 17.5. The number of morpholine rings is 1. The zero-order chi connectivity index (χ0) is 20.1. The molecule has 28 heavy (non-hydrogen) atoms. The number of likely N-dealkylation sites (N-methyl/N-ethyl adjacent to an activating group) is 1. The molecular weight excluding hydrogens is 380 g/mol. The topological polar surface area (TPSA) is 82.2 Å². The number of rotatable bonds is 6. The summed E-state index contributed by atoms with van der Waals surface area (Å²) in [7, 11) is -1.61. The molecule has 2 saturated heterocycles. The summed E-state index contributed by atoms with van der Waals surface area (Å²) in [6.07, 6.45) is 0. The Morgan fingerprint density at radius 3 is 2.46 bits per heavy atom. The summed E-state index contributed by atoms with van der Waals surface area (Å²) in [5.41, 5.74) is 1.18. The van der Waals surface area contributed by atoms with E-state index < -0.39 is 10.0 Å². The largest absolute Gasteiger partial charge is 0.379 e. The Bertz CT molecular complexity index is 785. The van der Waals surface area contributed by atoms with Gasteiger partial charge in [0.05, 0.1) is 18.1 Å². The van der Waals surface area contributed by atoms with Crippen LogP contribution in [0.25, 0.3) is 0 Å². The first kappa shape index (κ1) is 21.2. The van der Waals surface area contributed by atoms with Crippen LogP contribution < -0.4 is 5.32 Å². The highest BCUT2D eigenvalue weighted by Gasteiger charge is 2.28. The van der Waals surface area contributed by atoms with Crippen LogP contribution in [-0.4, -0.2) is 101 Å². The third kappa shape index (κ3) is 5.09. The van der Waals surface area contributed by atoms with E-state index in [2.05, 4.69) is 15.1 Å². The molecule has 0 bridgehead atoms. The second kappa shape index (κ2) is 9.32. The monoisotopic (exact) mass is 410 g/mol. The molecule has 0 spiro atoms. The standard InChI is InChI=1S/C19H30N4O4S/c1-16-3-4-17(28(25,26)23-9-7-21(2)8-10-23)15-18(16)19(24)20-5-6-22-11-13-27-14-12-22/h3-4,15H,5-14H2,1-2H3,(H,20,24). The first-order chi connectivity index (χ1) is 13.4. The van der Waals surface area contributed by atoms with Gasteiger partial charge >= 0.3 is 0 Å². The molecule has 0 aliphatic carbocycles. The van der Waals surface area contributed by atoms with Gasteiger partial charge in [0.2, 0.25) is 10.0 Å². The summed E-state index contributed by atoms with van der Waals surface area (Å²) in [6, 6.07) is 4.81. The van der Waals surface area contributed by atoms with Crippen LogP contribution in [0.4, 0.5) is 0 Å². The normalized spacial score (nSPS) is 20.2. The van der Waals surface area contributed by atoms with Gasteiger partial charge in [0.1, 0.15) is 0 Å². The second-order valence-electron chi connectivity index (χ2n) is 7.39. The summed E-state index contributed by atoms with van der Waals surface area (Å²) in [5, 5.41) is 2.91. The van der Waals surface area contributed by atoms with Gasteiger partial charge in [-0.2, -0.15) is 4.31 Å². The summed E-state index contributed by atoms with van der Waals surface area (Å²) in [5.74, 6) is -0.235. The van der Waals surface area contributed by atoms with Crippen molar-refractivity contribution in [1.29, 1.82) is 0 Å². The van der Waals surface area contributed by atoms with Crippen LogP contribution >= 0.6 is 0 Å². The minimum absolute atomic E-state index is 0.181. The van der Waals surface area contributed by atoms with Gasteiger partial charge in [-0.3, -0.25) is 9.69 Å². The first-order valence-corrected chi connectivity index (χ1v) is 11.2. The molecule has 2 fully saturated rings. The lowest BCUT2D eigenvalue weighted by Crippen LogP contribution is -2.47. The first-order valence-electron chi connectivity index (χ1n) is 9.75. The van der Waals surface area contributed by atoms with E-state index in [0.29, 0.717) is 38.3 Å². The molecule has 2 aliphatic heterocycles. The van der Waals surface area contributed by atoms with Crippen molar-refractivity contribution in [2.75, 3.05) is 72.6 Å². The van der Waals surface area contributed by atoms with Crippen LogP contribution in [0.2, 0.25) is 0 Å². The number of ether oxygens (including phenoxy) is 1. The highest BCUT2D eigenvalue weighted by Crippen LogP contribution is 2.21. The third-order valence-corrected chi connectivity index (χ3v) is 7.27. The van der Waals surface area contributed by atoms with Gasteiger partial charge in [-0.05, 0) is 31.7 Å². The molecule has 8 nitrogen and oxygen atoms in total. The van der Waals surface area contributed by atoms with Crippen molar-refractivity contribution in [3.05, 3.63) is 29.3 Å². The lowest BCUT2D eigenvalue weighted by atomic mass is 10.1. The van der Waals surface area contributed by atoms with Crippen molar-refractivity contribution in [3.63, 3.8) is 0 Å². The highest BCUT2D eigenvalue weighted by atomic mass is 32.2. The van der Waals surface area contributed by atoms with Crippen LogP contribution in [-0.2, 0) is 14.8 Å². The number of sulfonamides is 1. The Morgan fingerprint density at radius 1 is 1.11 bits per heavy atom. The zero-order valence-electron chi connectivity index (χ0n) is 16.7. The van der Waals surface area contributed by atoms with Crippen molar-refractivity contribution in [1.82, 2.24) is 19.4 Å². The molecule has 2 heterocycles. The van der Waals surface area contributed by atoms with Gasteiger partial charge in [-0.1, -0.05) is 6.07 Å². The molecule has 0 unspecified atom stereocenters. The van der Waals surface area contributed by atoms with Gasteiger partial charge in [-0.15, -0.1) is 0 Å². The Balaban J connectivity index is 1.65. The molecule has 1 N–H and O–H groups in total. The van der Waals surface area contributed by atoms with E-state index in [1.807, 2.05) is 14.0 Å². The molecule has 1 aromatic carbocycles. The Morgan fingerprint density at radius 2 is 1.79 bits per heavy atom. The number of nitrogens with zero attached hydrogens (tertiary/aromatic N) is 3. The molecule has 1 aromatic rings. The van der Waals surface area contributed by atoms with Gasteiger partial charge in [0.25, 0.3) is 5.91 Å². The van der Waals surface area contributed by atoms with Crippen molar-refractivity contribution in [3.8, 4) is 0 Å². The van der Waals surface area contributed by atoms with E-state index in [4.69, 9.17) is 4.74 Å². The van der Waals surface area contributed by atoms with E-state index in [1.165, 1.54) is 10.4 Å². The van der Waals surface area contributed by atoms with Crippen LogP contribution in [0.3, 0.4) is 0 Å². The summed E-state index contributed by atoms with van der Waals surface area (Å²) < 4.78 is 32.7. The average molecular weight is 411 g/mol. The number of carbonyl (C=O) groups is 1. The van der Waals surface area contributed by atoms with Gasteiger partial charge in [0, 0.05) is 57.9 Å². The fourth-order valence-electron chi connectivity index (χ4n) is 3.43. The van der Waals surface area contributed by atoms with E-state index >= 15 is 0 Å². The quantitative estimate of drug-likeness (QED) is 0.711. The molecule has 156 valence electrons. The average Bonchev–Trinajstić information content (AvgIpc) is 2.69.